The molecule has 4 nitrogen and oxygen atoms in total. The van der Waals surface area contributed by atoms with Gasteiger partial charge in [-0.2, -0.15) is 0 Å². The predicted octanol–water partition coefficient (Wildman–Crippen LogP) is 5.19. The third-order valence-electron chi connectivity index (χ3n) is 4.78. The number of carbonyl (C=O) groups excluding carboxylic acids is 1. The van der Waals surface area contributed by atoms with Gasteiger partial charge in [-0.1, -0.05) is 36.4 Å². The summed E-state index contributed by atoms with van der Waals surface area (Å²) in [5, 5.41) is 0.840. The summed E-state index contributed by atoms with van der Waals surface area (Å²) < 4.78 is 5.24. The molecule has 0 N–H and O–H groups in total. The van der Waals surface area contributed by atoms with Gasteiger partial charge in [0.25, 0.3) is 5.91 Å². The molecule has 0 saturated carbocycles. The molecule has 1 heterocycles. The number of rotatable bonds is 4. The molecule has 0 aliphatic heterocycles. The molecule has 138 valence electrons. The van der Waals surface area contributed by atoms with Crippen LogP contribution >= 0.6 is 0 Å². The zero-order valence-electron chi connectivity index (χ0n) is 15.8. The van der Waals surface area contributed by atoms with E-state index in [1.165, 1.54) is 0 Å². The van der Waals surface area contributed by atoms with Gasteiger partial charge < -0.3 is 9.64 Å². The van der Waals surface area contributed by atoms with Crippen molar-refractivity contribution in [2.75, 3.05) is 19.1 Å². The summed E-state index contributed by atoms with van der Waals surface area (Å²) in [6.07, 6.45) is 0. The highest BCUT2D eigenvalue weighted by atomic mass is 16.5. The van der Waals surface area contributed by atoms with Crippen molar-refractivity contribution >= 4 is 22.5 Å². The molecule has 0 saturated heterocycles. The summed E-state index contributed by atoms with van der Waals surface area (Å²) in [4.78, 5) is 19.8. The van der Waals surface area contributed by atoms with Crippen LogP contribution in [0.5, 0.6) is 5.75 Å². The molecule has 0 radical (unpaired) electrons. The number of hydrogen-bond donors (Lipinski definition) is 0. The molecule has 0 spiro atoms. The molecule has 3 aromatic carbocycles. The van der Waals surface area contributed by atoms with Crippen molar-refractivity contribution in [1.82, 2.24) is 4.98 Å². The van der Waals surface area contributed by atoms with Crippen molar-refractivity contribution in [2.45, 2.75) is 0 Å². The van der Waals surface area contributed by atoms with Crippen molar-refractivity contribution in [3.05, 3.63) is 90.5 Å². The van der Waals surface area contributed by atoms with Crippen LogP contribution in [-0.2, 0) is 0 Å². The quantitative estimate of drug-likeness (QED) is 0.498. The molecule has 0 atom stereocenters. The Morgan fingerprint density at radius 1 is 0.893 bits per heavy atom. The average Bonchev–Trinajstić information content (AvgIpc) is 2.78. The molecule has 0 bridgehead atoms. The first-order valence-corrected chi connectivity index (χ1v) is 9.04. The fourth-order valence-electron chi connectivity index (χ4n) is 3.21. The van der Waals surface area contributed by atoms with Crippen molar-refractivity contribution in [2.24, 2.45) is 0 Å². The van der Waals surface area contributed by atoms with Gasteiger partial charge in [0.05, 0.1) is 23.9 Å². The van der Waals surface area contributed by atoms with E-state index in [0.29, 0.717) is 5.56 Å². The number of hydrogen-bond acceptors (Lipinski definition) is 3. The number of fused-ring (bicyclic) bond motifs is 1. The summed E-state index contributed by atoms with van der Waals surface area (Å²) >= 11 is 0. The largest absolute Gasteiger partial charge is 0.497 e. The first-order chi connectivity index (χ1) is 13.7. The SMILES string of the molecule is COc1ccc(-c2cc(C(=O)N(C)c3ccccc3)c3ccccc3n2)cc1. The standard InChI is InChI=1S/C24H20N2O2/c1-26(18-8-4-3-5-9-18)24(27)21-16-23(17-12-14-19(28-2)15-13-17)25-22-11-7-6-10-20(21)22/h3-16H,1-2H3. The van der Waals surface area contributed by atoms with Gasteiger partial charge in [0.1, 0.15) is 5.75 Å². The lowest BCUT2D eigenvalue weighted by Crippen LogP contribution is -2.26. The predicted molar refractivity (Wildman–Crippen MR) is 113 cm³/mol. The zero-order valence-corrected chi connectivity index (χ0v) is 15.8. The van der Waals surface area contributed by atoms with Gasteiger partial charge in [0.15, 0.2) is 0 Å². The molecule has 0 aliphatic carbocycles. The van der Waals surface area contributed by atoms with E-state index in [-0.39, 0.29) is 5.91 Å². The Morgan fingerprint density at radius 3 is 2.29 bits per heavy atom. The number of benzene rings is 3. The molecule has 1 amide bonds. The smallest absolute Gasteiger partial charge is 0.258 e. The molecule has 4 aromatic rings. The van der Waals surface area contributed by atoms with E-state index in [2.05, 4.69) is 0 Å². The van der Waals surface area contributed by atoms with Crippen LogP contribution in [0.2, 0.25) is 0 Å². The molecule has 0 fully saturated rings. The molecule has 4 heteroatoms. The molecular formula is C24H20N2O2. The maximum Gasteiger partial charge on any atom is 0.258 e. The maximum atomic E-state index is 13.3. The van der Waals surface area contributed by atoms with Gasteiger partial charge in [-0.25, -0.2) is 4.98 Å². The lowest BCUT2D eigenvalue weighted by atomic mass is 10.0. The van der Waals surface area contributed by atoms with E-state index >= 15 is 0 Å². The van der Waals surface area contributed by atoms with Crippen LogP contribution in [0, 0.1) is 0 Å². The third kappa shape index (κ3) is 3.32. The number of para-hydroxylation sites is 2. The van der Waals surface area contributed by atoms with Crippen molar-refractivity contribution in [1.29, 1.82) is 0 Å². The fourth-order valence-corrected chi connectivity index (χ4v) is 3.21. The Kier molecular flexibility index (Phi) is 4.77. The number of ether oxygens (including phenoxy) is 1. The van der Waals surface area contributed by atoms with Crippen molar-refractivity contribution in [3.8, 4) is 17.0 Å². The van der Waals surface area contributed by atoms with Gasteiger partial charge in [0.2, 0.25) is 0 Å². The number of anilines is 1. The van der Waals surface area contributed by atoms with E-state index in [1.54, 1.807) is 19.1 Å². The Hall–Kier alpha value is -3.66. The van der Waals surface area contributed by atoms with Gasteiger partial charge in [0, 0.05) is 23.7 Å². The minimum atomic E-state index is -0.0699. The Morgan fingerprint density at radius 2 is 1.57 bits per heavy atom. The second-order valence-corrected chi connectivity index (χ2v) is 6.50. The zero-order chi connectivity index (χ0) is 19.5. The van der Waals surface area contributed by atoms with Gasteiger partial charge in [-0.15, -0.1) is 0 Å². The first kappa shape index (κ1) is 17.7. The highest BCUT2D eigenvalue weighted by molar-refractivity contribution is 6.14. The second-order valence-electron chi connectivity index (χ2n) is 6.50. The van der Waals surface area contributed by atoms with Crippen LogP contribution in [0.25, 0.3) is 22.2 Å². The maximum absolute atomic E-state index is 13.3. The molecule has 4 rings (SSSR count). The number of aromatic nitrogens is 1. The first-order valence-electron chi connectivity index (χ1n) is 9.04. The van der Waals surface area contributed by atoms with Crippen molar-refractivity contribution < 1.29 is 9.53 Å². The van der Waals surface area contributed by atoms with Crippen LogP contribution < -0.4 is 9.64 Å². The third-order valence-corrected chi connectivity index (χ3v) is 4.78. The summed E-state index contributed by atoms with van der Waals surface area (Å²) in [6, 6.07) is 26.9. The Labute approximate surface area is 164 Å². The number of methoxy groups -OCH3 is 1. The lowest BCUT2D eigenvalue weighted by molar-refractivity contribution is 0.0994. The summed E-state index contributed by atoms with van der Waals surface area (Å²) in [5.41, 5.74) is 3.96. The van der Waals surface area contributed by atoms with Crippen LogP contribution in [0.15, 0.2) is 84.9 Å². The van der Waals surface area contributed by atoms with Crippen LogP contribution in [0.3, 0.4) is 0 Å². The van der Waals surface area contributed by atoms with E-state index in [0.717, 1.165) is 33.6 Å². The highest BCUT2D eigenvalue weighted by Crippen LogP contribution is 2.28. The van der Waals surface area contributed by atoms with Gasteiger partial charge in [-0.05, 0) is 48.5 Å². The van der Waals surface area contributed by atoms with Crippen LogP contribution in [0.4, 0.5) is 5.69 Å². The molecular weight excluding hydrogens is 348 g/mol. The summed E-state index contributed by atoms with van der Waals surface area (Å²) in [7, 11) is 3.43. The van der Waals surface area contributed by atoms with Gasteiger partial charge in [-0.3, -0.25) is 4.79 Å². The van der Waals surface area contributed by atoms with Gasteiger partial charge >= 0.3 is 0 Å². The summed E-state index contributed by atoms with van der Waals surface area (Å²) in [6.45, 7) is 0. The molecule has 0 unspecified atom stereocenters. The number of pyridine rings is 1. The number of amides is 1. The van der Waals surface area contributed by atoms with E-state index in [1.807, 2.05) is 84.9 Å². The van der Waals surface area contributed by atoms with E-state index in [4.69, 9.17) is 9.72 Å². The minimum absolute atomic E-state index is 0.0699. The van der Waals surface area contributed by atoms with E-state index < -0.39 is 0 Å². The average molecular weight is 368 g/mol. The number of carbonyl (C=O) groups is 1. The molecule has 28 heavy (non-hydrogen) atoms. The minimum Gasteiger partial charge on any atom is -0.497 e. The Bertz CT molecular complexity index is 1120. The summed E-state index contributed by atoms with van der Waals surface area (Å²) in [5.74, 6) is 0.712. The fraction of sp³-hybridized carbons (Fsp3) is 0.0833. The lowest BCUT2D eigenvalue weighted by Gasteiger charge is -2.19. The molecule has 0 aliphatic rings. The van der Waals surface area contributed by atoms with Crippen molar-refractivity contribution in [3.63, 3.8) is 0 Å². The van der Waals surface area contributed by atoms with Crippen LogP contribution in [0.1, 0.15) is 10.4 Å². The second kappa shape index (κ2) is 7.53. The van der Waals surface area contributed by atoms with Crippen LogP contribution in [-0.4, -0.2) is 25.0 Å². The van der Waals surface area contributed by atoms with E-state index in [9.17, 15) is 4.79 Å². The highest BCUT2D eigenvalue weighted by Gasteiger charge is 2.18. The monoisotopic (exact) mass is 368 g/mol. The number of nitrogens with zero attached hydrogens (tertiary/aromatic N) is 2. The topological polar surface area (TPSA) is 42.4 Å². The normalized spacial score (nSPS) is 10.6. The Balaban J connectivity index is 1.83. The molecule has 1 aromatic heterocycles.